The van der Waals surface area contributed by atoms with Crippen molar-refractivity contribution in [2.45, 2.75) is 18.9 Å². The number of carbonyl (C=O) groups excluding carboxylic acids is 1. The summed E-state index contributed by atoms with van der Waals surface area (Å²) in [6.45, 7) is 0.696. The van der Waals surface area contributed by atoms with Crippen molar-refractivity contribution in [3.05, 3.63) is 0 Å². The van der Waals surface area contributed by atoms with Crippen LogP contribution in [0, 0.1) is 0 Å². The fraction of sp³-hybridized carbons (Fsp3) is 0.800. The molecular formula is C10H20N2O5S. The molecule has 0 bridgehead atoms. The van der Waals surface area contributed by atoms with E-state index in [9.17, 15) is 13.8 Å². The number of rotatable bonds is 9. The molecule has 0 aliphatic heterocycles. The van der Waals surface area contributed by atoms with Gasteiger partial charge >= 0.3 is 12.0 Å². The topological polar surface area (TPSA) is 105 Å². The van der Waals surface area contributed by atoms with Gasteiger partial charge in [-0.15, -0.1) is 0 Å². The van der Waals surface area contributed by atoms with Crippen LogP contribution in [0.15, 0.2) is 0 Å². The zero-order chi connectivity index (χ0) is 14.0. The van der Waals surface area contributed by atoms with Gasteiger partial charge in [-0.25, -0.2) is 9.59 Å². The van der Waals surface area contributed by atoms with Gasteiger partial charge < -0.3 is 20.5 Å². The molecule has 0 aromatic rings. The van der Waals surface area contributed by atoms with E-state index in [0.29, 0.717) is 25.2 Å². The molecule has 8 heteroatoms. The summed E-state index contributed by atoms with van der Waals surface area (Å²) in [5, 5.41) is 13.7. The third kappa shape index (κ3) is 8.94. The zero-order valence-corrected chi connectivity index (χ0v) is 11.4. The van der Waals surface area contributed by atoms with Crippen molar-refractivity contribution < 1.29 is 23.6 Å². The summed E-state index contributed by atoms with van der Waals surface area (Å²) < 4.78 is 15.6. The van der Waals surface area contributed by atoms with E-state index < -0.39 is 28.8 Å². The fourth-order valence-electron chi connectivity index (χ4n) is 1.21. The van der Waals surface area contributed by atoms with Gasteiger partial charge in [-0.1, -0.05) is 0 Å². The van der Waals surface area contributed by atoms with Crippen molar-refractivity contribution in [2.75, 3.05) is 32.3 Å². The van der Waals surface area contributed by atoms with E-state index in [2.05, 4.69) is 10.6 Å². The number of hydrogen-bond donors (Lipinski definition) is 3. The number of methoxy groups -OCH3 is 1. The predicted octanol–water partition coefficient (Wildman–Crippen LogP) is -0.456. The van der Waals surface area contributed by atoms with Crippen LogP contribution in [-0.2, 0) is 20.3 Å². The number of carbonyl (C=O) groups is 2. The van der Waals surface area contributed by atoms with Crippen LogP contribution < -0.4 is 10.6 Å². The molecule has 0 saturated carbocycles. The lowest BCUT2D eigenvalue weighted by atomic mass is 10.1. The lowest BCUT2D eigenvalue weighted by Gasteiger charge is -2.14. The molecule has 2 amide bonds. The van der Waals surface area contributed by atoms with Gasteiger partial charge in [-0.3, -0.25) is 4.21 Å². The first-order chi connectivity index (χ1) is 8.47. The van der Waals surface area contributed by atoms with Crippen molar-refractivity contribution in [2.24, 2.45) is 0 Å². The molecule has 3 N–H and O–H groups in total. The van der Waals surface area contributed by atoms with E-state index in [0.717, 1.165) is 0 Å². The molecule has 7 nitrogen and oxygen atoms in total. The maximum atomic E-state index is 11.4. The van der Waals surface area contributed by atoms with Crippen LogP contribution in [0.5, 0.6) is 0 Å². The Morgan fingerprint density at radius 3 is 2.61 bits per heavy atom. The van der Waals surface area contributed by atoms with Crippen molar-refractivity contribution in [3.63, 3.8) is 0 Å². The minimum Gasteiger partial charge on any atom is -0.480 e. The molecule has 0 rings (SSSR count). The third-order valence-corrected chi connectivity index (χ3v) is 2.90. The van der Waals surface area contributed by atoms with Gasteiger partial charge in [0.05, 0.1) is 0 Å². The van der Waals surface area contributed by atoms with Crippen molar-refractivity contribution in [3.8, 4) is 0 Å². The molecule has 0 fully saturated rings. The Kier molecular flexibility index (Phi) is 9.21. The van der Waals surface area contributed by atoms with Crippen molar-refractivity contribution in [1.29, 1.82) is 0 Å². The first-order valence-corrected chi connectivity index (χ1v) is 7.26. The summed E-state index contributed by atoms with van der Waals surface area (Å²) in [5.74, 6) is -0.741. The third-order valence-electron chi connectivity index (χ3n) is 2.12. The molecule has 0 aromatic carbocycles. The number of hydrogen-bond acceptors (Lipinski definition) is 4. The van der Waals surface area contributed by atoms with Crippen molar-refractivity contribution in [1.82, 2.24) is 10.6 Å². The Morgan fingerprint density at radius 1 is 1.44 bits per heavy atom. The van der Waals surface area contributed by atoms with E-state index >= 15 is 0 Å². The second kappa shape index (κ2) is 9.84. The Morgan fingerprint density at radius 2 is 2.11 bits per heavy atom. The Hall–Kier alpha value is -1.15. The Bertz CT molecular complexity index is 298. The number of nitrogens with one attached hydrogen (secondary N) is 2. The normalized spacial score (nSPS) is 13.7. The first kappa shape index (κ1) is 16.9. The molecule has 0 aromatic heterocycles. The number of ether oxygens (including phenoxy) is 1. The van der Waals surface area contributed by atoms with E-state index in [1.54, 1.807) is 0 Å². The standard InChI is InChI=1S/C10H20N2O5S/c1-17-6-3-4-8(9(13)14)12-10(15)11-5-7-18(2)16/h8H,3-7H2,1-2H3,(H,13,14)(H2,11,12,15). The summed E-state index contributed by atoms with van der Waals surface area (Å²) >= 11 is 0. The van der Waals surface area contributed by atoms with Crippen LogP contribution in [0.4, 0.5) is 4.79 Å². The molecule has 0 spiro atoms. The quantitative estimate of drug-likeness (QED) is 0.496. The van der Waals surface area contributed by atoms with Gasteiger partial charge in [0.15, 0.2) is 0 Å². The van der Waals surface area contributed by atoms with Gasteiger partial charge in [-0.05, 0) is 12.8 Å². The van der Waals surface area contributed by atoms with Gasteiger partial charge in [0.2, 0.25) is 0 Å². The Labute approximate surface area is 109 Å². The van der Waals surface area contributed by atoms with Gasteiger partial charge in [-0.2, -0.15) is 0 Å². The number of carboxylic acids is 1. The number of aliphatic carboxylic acids is 1. The molecule has 106 valence electrons. The fourth-order valence-corrected chi connectivity index (χ4v) is 1.60. The number of amides is 2. The van der Waals surface area contributed by atoms with E-state index in [4.69, 9.17) is 9.84 Å². The highest BCUT2D eigenvalue weighted by Gasteiger charge is 2.18. The second-order valence-corrected chi connectivity index (χ2v) is 5.26. The maximum Gasteiger partial charge on any atom is 0.326 e. The molecule has 2 unspecified atom stereocenters. The van der Waals surface area contributed by atoms with Crippen LogP contribution in [0.1, 0.15) is 12.8 Å². The van der Waals surface area contributed by atoms with E-state index in [-0.39, 0.29) is 6.54 Å². The zero-order valence-electron chi connectivity index (χ0n) is 10.6. The first-order valence-electron chi connectivity index (χ1n) is 5.53. The highest BCUT2D eigenvalue weighted by Crippen LogP contribution is 1.98. The lowest BCUT2D eigenvalue weighted by Crippen LogP contribution is -2.46. The van der Waals surface area contributed by atoms with Gasteiger partial charge in [0.1, 0.15) is 6.04 Å². The van der Waals surface area contributed by atoms with Crippen LogP contribution >= 0.6 is 0 Å². The highest BCUT2D eigenvalue weighted by atomic mass is 32.2. The number of urea groups is 1. The molecule has 18 heavy (non-hydrogen) atoms. The van der Waals surface area contributed by atoms with Crippen LogP contribution in [0.2, 0.25) is 0 Å². The maximum absolute atomic E-state index is 11.4. The number of carboxylic acid groups (broad SMARTS) is 1. The minimum atomic E-state index is -1.08. The average Bonchev–Trinajstić information content (AvgIpc) is 2.27. The summed E-state index contributed by atoms with van der Waals surface area (Å²) in [5.41, 5.74) is 0. The van der Waals surface area contributed by atoms with Crippen molar-refractivity contribution >= 4 is 22.8 Å². The molecule has 0 saturated heterocycles. The molecule has 0 radical (unpaired) electrons. The van der Waals surface area contributed by atoms with Gasteiger partial charge in [0.25, 0.3) is 0 Å². The summed E-state index contributed by atoms with van der Waals surface area (Å²) in [6.07, 6.45) is 2.38. The monoisotopic (exact) mass is 280 g/mol. The molecule has 0 aliphatic carbocycles. The van der Waals surface area contributed by atoms with Crippen LogP contribution in [0.3, 0.4) is 0 Å². The minimum absolute atomic E-state index is 0.249. The van der Waals surface area contributed by atoms with E-state index in [1.807, 2.05) is 0 Å². The summed E-state index contributed by atoms with van der Waals surface area (Å²) in [6, 6.07) is -1.50. The predicted molar refractivity (Wildman–Crippen MR) is 68.0 cm³/mol. The van der Waals surface area contributed by atoms with Crippen LogP contribution in [-0.4, -0.2) is 59.6 Å². The SMILES string of the molecule is COCCCC(NC(=O)NCCS(C)=O)C(=O)O. The lowest BCUT2D eigenvalue weighted by molar-refractivity contribution is -0.139. The van der Waals surface area contributed by atoms with Crippen LogP contribution in [0.25, 0.3) is 0 Å². The van der Waals surface area contributed by atoms with Gasteiger partial charge in [0, 0.05) is 43.1 Å². The molecular weight excluding hydrogens is 260 g/mol. The average molecular weight is 280 g/mol. The smallest absolute Gasteiger partial charge is 0.326 e. The summed E-state index contributed by atoms with van der Waals surface area (Å²) in [4.78, 5) is 22.2. The largest absolute Gasteiger partial charge is 0.480 e. The second-order valence-electron chi connectivity index (χ2n) is 3.70. The van der Waals surface area contributed by atoms with E-state index in [1.165, 1.54) is 13.4 Å². The molecule has 0 aliphatic rings. The Balaban J connectivity index is 3.96. The molecule has 2 atom stereocenters. The highest BCUT2D eigenvalue weighted by molar-refractivity contribution is 7.84. The molecule has 0 heterocycles. The summed E-state index contributed by atoms with van der Waals surface area (Å²) in [7, 11) is 0.544.